The fourth-order valence-corrected chi connectivity index (χ4v) is 2.80. The number of hydrogen-bond acceptors (Lipinski definition) is 2. The maximum atomic E-state index is 11.8. The van der Waals surface area contributed by atoms with E-state index in [1.165, 1.54) is 19.3 Å². The largest absolute Gasteiger partial charge is 0.493 e. The Morgan fingerprint density at radius 2 is 2.10 bits per heavy atom. The molecule has 1 aliphatic rings. The van der Waals surface area contributed by atoms with Gasteiger partial charge in [-0.05, 0) is 43.5 Å². The quantitative estimate of drug-likeness (QED) is 0.895. The predicted molar refractivity (Wildman–Crippen MR) is 81.3 cm³/mol. The molecule has 1 aromatic rings. The van der Waals surface area contributed by atoms with Crippen molar-refractivity contribution >= 4 is 17.5 Å². The highest BCUT2D eigenvalue weighted by atomic mass is 35.5. The van der Waals surface area contributed by atoms with Gasteiger partial charge in [-0.15, -0.1) is 0 Å². The van der Waals surface area contributed by atoms with Crippen molar-refractivity contribution < 1.29 is 9.53 Å². The van der Waals surface area contributed by atoms with Crippen LogP contribution in [-0.4, -0.2) is 18.6 Å². The van der Waals surface area contributed by atoms with Crippen molar-refractivity contribution in [3.8, 4) is 5.75 Å². The van der Waals surface area contributed by atoms with Gasteiger partial charge in [0.1, 0.15) is 5.75 Å². The Kier molecular flexibility index (Phi) is 5.72. The maximum Gasteiger partial charge on any atom is 0.223 e. The summed E-state index contributed by atoms with van der Waals surface area (Å²) in [5.74, 6) is 0.878. The number of rotatable bonds is 5. The molecule has 0 radical (unpaired) electrons. The second-order valence-electron chi connectivity index (χ2n) is 5.41. The van der Waals surface area contributed by atoms with Crippen molar-refractivity contribution in [2.24, 2.45) is 0 Å². The van der Waals surface area contributed by atoms with Crippen LogP contribution in [0.5, 0.6) is 5.75 Å². The standard InChI is InChI=1S/C16H22ClNO2/c1-12-11-13(17)7-8-15(12)20-10-9-16(19)18-14-5-3-2-4-6-14/h7-8,11,14H,2-6,9-10H2,1H3,(H,18,19). The Balaban J connectivity index is 1.70. The van der Waals surface area contributed by atoms with Crippen LogP contribution < -0.4 is 10.1 Å². The first-order valence-electron chi connectivity index (χ1n) is 7.33. The molecule has 1 amide bonds. The van der Waals surface area contributed by atoms with E-state index in [-0.39, 0.29) is 5.91 Å². The molecular weight excluding hydrogens is 274 g/mol. The van der Waals surface area contributed by atoms with Crippen LogP contribution in [0.4, 0.5) is 0 Å². The molecule has 0 aliphatic heterocycles. The molecule has 0 heterocycles. The minimum atomic E-state index is 0.0866. The second kappa shape index (κ2) is 7.53. The van der Waals surface area contributed by atoms with Crippen LogP contribution in [0.15, 0.2) is 18.2 Å². The minimum Gasteiger partial charge on any atom is -0.493 e. The van der Waals surface area contributed by atoms with Crippen LogP contribution >= 0.6 is 11.6 Å². The molecule has 110 valence electrons. The van der Waals surface area contributed by atoms with E-state index in [1.807, 2.05) is 19.1 Å². The van der Waals surface area contributed by atoms with Gasteiger partial charge in [-0.3, -0.25) is 4.79 Å². The number of carbonyl (C=O) groups excluding carboxylic acids is 1. The van der Waals surface area contributed by atoms with Crippen LogP contribution in [0.3, 0.4) is 0 Å². The molecule has 1 aliphatic carbocycles. The number of ether oxygens (including phenoxy) is 1. The summed E-state index contributed by atoms with van der Waals surface area (Å²) in [5, 5.41) is 3.79. The van der Waals surface area contributed by atoms with Gasteiger partial charge in [0.2, 0.25) is 5.91 Å². The molecule has 1 saturated carbocycles. The fourth-order valence-electron chi connectivity index (χ4n) is 2.58. The van der Waals surface area contributed by atoms with E-state index in [0.29, 0.717) is 24.1 Å². The van der Waals surface area contributed by atoms with E-state index in [1.54, 1.807) is 6.07 Å². The van der Waals surface area contributed by atoms with Gasteiger partial charge >= 0.3 is 0 Å². The third-order valence-electron chi connectivity index (χ3n) is 3.69. The molecule has 20 heavy (non-hydrogen) atoms. The van der Waals surface area contributed by atoms with Crippen molar-refractivity contribution in [3.63, 3.8) is 0 Å². The zero-order valence-electron chi connectivity index (χ0n) is 12.0. The van der Waals surface area contributed by atoms with Gasteiger partial charge in [-0.25, -0.2) is 0 Å². The Morgan fingerprint density at radius 1 is 1.35 bits per heavy atom. The van der Waals surface area contributed by atoms with Gasteiger partial charge in [0.15, 0.2) is 0 Å². The van der Waals surface area contributed by atoms with E-state index in [0.717, 1.165) is 24.2 Å². The lowest BCUT2D eigenvalue weighted by atomic mass is 9.95. The smallest absolute Gasteiger partial charge is 0.223 e. The van der Waals surface area contributed by atoms with Gasteiger partial charge in [-0.2, -0.15) is 0 Å². The molecule has 0 spiro atoms. The van der Waals surface area contributed by atoms with Crippen LogP contribution in [0.1, 0.15) is 44.1 Å². The molecule has 0 aromatic heterocycles. The van der Waals surface area contributed by atoms with Gasteiger partial charge in [0.05, 0.1) is 13.0 Å². The maximum absolute atomic E-state index is 11.8. The Morgan fingerprint density at radius 3 is 2.80 bits per heavy atom. The Labute approximate surface area is 125 Å². The zero-order valence-corrected chi connectivity index (χ0v) is 12.7. The Bertz CT molecular complexity index is 456. The molecule has 0 bridgehead atoms. The van der Waals surface area contributed by atoms with Gasteiger partial charge in [-0.1, -0.05) is 30.9 Å². The molecule has 3 nitrogen and oxygen atoms in total. The zero-order chi connectivity index (χ0) is 14.4. The minimum absolute atomic E-state index is 0.0866. The molecule has 0 unspecified atom stereocenters. The van der Waals surface area contributed by atoms with Crippen LogP contribution in [-0.2, 0) is 4.79 Å². The number of hydrogen-bond donors (Lipinski definition) is 1. The SMILES string of the molecule is Cc1cc(Cl)ccc1OCCC(=O)NC1CCCCC1. The molecule has 4 heteroatoms. The van der Waals surface area contributed by atoms with Crippen LogP contribution in [0, 0.1) is 6.92 Å². The Hall–Kier alpha value is -1.22. The summed E-state index contributed by atoms with van der Waals surface area (Å²) in [7, 11) is 0. The molecular formula is C16H22ClNO2. The molecule has 0 atom stereocenters. The highest BCUT2D eigenvalue weighted by Gasteiger charge is 2.15. The summed E-state index contributed by atoms with van der Waals surface area (Å²) >= 11 is 5.89. The molecule has 1 aromatic carbocycles. The van der Waals surface area contributed by atoms with Crippen LogP contribution in [0.2, 0.25) is 5.02 Å². The highest BCUT2D eigenvalue weighted by Crippen LogP contribution is 2.22. The summed E-state index contributed by atoms with van der Waals surface area (Å²) in [6.07, 6.45) is 6.38. The van der Waals surface area contributed by atoms with Crippen molar-refractivity contribution in [2.75, 3.05) is 6.61 Å². The summed E-state index contributed by atoms with van der Waals surface area (Å²) in [4.78, 5) is 11.8. The highest BCUT2D eigenvalue weighted by molar-refractivity contribution is 6.30. The van der Waals surface area contributed by atoms with Crippen LogP contribution in [0.25, 0.3) is 0 Å². The van der Waals surface area contributed by atoms with Crippen molar-refractivity contribution in [1.29, 1.82) is 0 Å². The normalized spacial score (nSPS) is 15.9. The van der Waals surface area contributed by atoms with Gasteiger partial charge < -0.3 is 10.1 Å². The van der Waals surface area contributed by atoms with Crippen molar-refractivity contribution in [2.45, 2.75) is 51.5 Å². The van der Waals surface area contributed by atoms with E-state index in [9.17, 15) is 4.79 Å². The van der Waals surface area contributed by atoms with E-state index < -0.39 is 0 Å². The monoisotopic (exact) mass is 295 g/mol. The summed E-state index contributed by atoms with van der Waals surface area (Å²) < 4.78 is 5.63. The number of halogens is 1. The average Bonchev–Trinajstić information content (AvgIpc) is 2.42. The lowest BCUT2D eigenvalue weighted by molar-refractivity contribution is -0.122. The first-order valence-corrected chi connectivity index (χ1v) is 7.71. The van der Waals surface area contributed by atoms with Crippen molar-refractivity contribution in [1.82, 2.24) is 5.32 Å². The average molecular weight is 296 g/mol. The summed E-state index contributed by atoms with van der Waals surface area (Å²) in [6.45, 7) is 2.35. The third kappa shape index (κ3) is 4.71. The lowest BCUT2D eigenvalue weighted by Crippen LogP contribution is -2.36. The summed E-state index contributed by atoms with van der Waals surface area (Å²) in [5.41, 5.74) is 0.991. The number of amides is 1. The van der Waals surface area contributed by atoms with Gasteiger partial charge in [0, 0.05) is 11.1 Å². The molecule has 0 saturated heterocycles. The molecule has 2 rings (SSSR count). The first kappa shape index (κ1) is 15.2. The van der Waals surface area contributed by atoms with E-state index in [2.05, 4.69) is 5.32 Å². The van der Waals surface area contributed by atoms with E-state index >= 15 is 0 Å². The number of nitrogens with one attached hydrogen (secondary N) is 1. The molecule has 1 fully saturated rings. The third-order valence-corrected chi connectivity index (χ3v) is 3.93. The van der Waals surface area contributed by atoms with Gasteiger partial charge in [0.25, 0.3) is 0 Å². The van der Waals surface area contributed by atoms with Crippen molar-refractivity contribution in [3.05, 3.63) is 28.8 Å². The molecule has 1 N–H and O–H groups in total. The second-order valence-corrected chi connectivity index (χ2v) is 5.85. The number of carbonyl (C=O) groups is 1. The first-order chi connectivity index (χ1) is 9.65. The van der Waals surface area contributed by atoms with E-state index in [4.69, 9.17) is 16.3 Å². The predicted octanol–water partition coefficient (Wildman–Crippen LogP) is 3.87. The summed E-state index contributed by atoms with van der Waals surface area (Å²) in [6, 6.07) is 5.87. The topological polar surface area (TPSA) is 38.3 Å². The number of aryl methyl sites for hydroxylation is 1. The number of benzene rings is 1. The lowest BCUT2D eigenvalue weighted by Gasteiger charge is -2.22. The fraction of sp³-hybridized carbons (Fsp3) is 0.562.